The van der Waals surface area contributed by atoms with Crippen LogP contribution in [0.25, 0.3) is 0 Å². The van der Waals surface area contributed by atoms with Crippen LogP contribution >= 0.6 is 0 Å². The molecule has 0 saturated carbocycles. The maximum atomic E-state index is 10.7. The summed E-state index contributed by atoms with van der Waals surface area (Å²) in [7, 11) is 0. The van der Waals surface area contributed by atoms with Crippen molar-refractivity contribution >= 4 is 11.5 Å². The van der Waals surface area contributed by atoms with E-state index < -0.39 is 4.92 Å². The van der Waals surface area contributed by atoms with Crippen LogP contribution in [0.1, 0.15) is 12.1 Å². The van der Waals surface area contributed by atoms with Crippen LogP contribution in [0.2, 0.25) is 0 Å². The number of aromatic nitrogens is 1. The number of hydrogen-bond acceptors (Lipinski definition) is 5. The summed E-state index contributed by atoms with van der Waals surface area (Å²) in [5, 5.41) is 19.7. The lowest BCUT2D eigenvalue weighted by Gasteiger charge is -2.17. The third-order valence-electron chi connectivity index (χ3n) is 3.11. The standard InChI is InChI=1S/C11H15N3O3/c1-8-10(14(16)17)2-3-11(12-8)13-5-4-9(6-13)7-15/h2-3,9,15H,4-7H2,1H3. The van der Waals surface area contributed by atoms with Crippen LogP contribution in [0.3, 0.4) is 0 Å². The fourth-order valence-electron chi connectivity index (χ4n) is 2.10. The molecule has 1 aromatic heterocycles. The van der Waals surface area contributed by atoms with Gasteiger partial charge in [0.25, 0.3) is 5.69 Å². The van der Waals surface area contributed by atoms with E-state index in [1.165, 1.54) is 6.07 Å². The first kappa shape index (κ1) is 11.8. The molecule has 1 aliphatic heterocycles. The van der Waals surface area contributed by atoms with E-state index in [1.54, 1.807) is 13.0 Å². The highest BCUT2D eigenvalue weighted by Gasteiger charge is 2.23. The summed E-state index contributed by atoms with van der Waals surface area (Å²) in [6.45, 7) is 3.43. The van der Waals surface area contributed by atoms with Crippen LogP contribution in [-0.2, 0) is 0 Å². The Balaban J connectivity index is 2.18. The monoisotopic (exact) mass is 237 g/mol. The number of anilines is 1. The molecule has 0 bridgehead atoms. The predicted molar refractivity (Wildman–Crippen MR) is 63.0 cm³/mol. The largest absolute Gasteiger partial charge is 0.396 e. The van der Waals surface area contributed by atoms with Crippen LogP contribution < -0.4 is 4.90 Å². The van der Waals surface area contributed by atoms with Crippen LogP contribution in [-0.4, -0.2) is 34.7 Å². The smallest absolute Gasteiger partial charge is 0.290 e. The first-order valence-electron chi connectivity index (χ1n) is 5.59. The molecule has 1 unspecified atom stereocenters. The number of pyridine rings is 1. The molecule has 2 rings (SSSR count). The van der Waals surface area contributed by atoms with Gasteiger partial charge in [-0.05, 0) is 19.4 Å². The summed E-state index contributed by atoms with van der Waals surface area (Å²) in [5.74, 6) is 1.04. The van der Waals surface area contributed by atoms with Crippen molar-refractivity contribution in [3.63, 3.8) is 0 Å². The van der Waals surface area contributed by atoms with Gasteiger partial charge in [-0.1, -0.05) is 0 Å². The van der Waals surface area contributed by atoms with Gasteiger partial charge in [0.05, 0.1) is 4.92 Å². The van der Waals surface area contributed by atoms with Crippen molar-refractivity contribution in [2.45, 2.75) is 13.3 Å². The minimum absolute atomic E-state index is 0.0478. The Morgan fingerprint density at radius 1 is 1.65 bits per heavy atom. The fourth-order valence-corrected chi connectivity index (χ4v) is 2.10. The zero-order chi connectivity index (χ0) is 12.4. The van der Waals surface area contributed by atoms with Crippen molar-refractivity contribution in [3.8, 4) is 0 Å². The Labute approximate surface area is 99.0 Å². The zero-order valence-electron chi connectivity index (χ0n) is 9.67. The molecule has 0 radical (unpaired) electrons. The number of nitrogens with zero attached hydrogens (tertiary/aromatic N) is 3. The SMILES string of the molecule is Cc1nc(N2CCC(CO)C2)ccc1[N+](=O)[O-]. The Kier molecular flexibility index (Phi) is 3.23. The predicted octanol–water partition coefficient (Wildman–Crippen LogP) is 1.12. The highest BCUT2D eigenvalue weighted by Crippen LogP contribution is 2.25. The van der Waals surface area contributed by atoms with Crippen molar-refractivity contribution in [2.75, 3.05) is 24.6 Å². The minimum atomic E-state index is -0.424. The second kappa shape index (κ2) is 4.67. The molecular formula is C11H15N3O3. The van der Waals surface area contributed by atoms with E-state index in [4.69, 9.17) is 5.11 Å². The first-order valence-corrected chi connectivity index (χ1v) is 5.59. The van der Waals surface area contributed by atoms with Gasteiger partial charge in [-0.2, -0.15) is 0 Å². The quantitative estimate of drug-likeness (QED) is 0.629. The Morgan fingerprint density at radius 3 is 2.94 bits per heavy atom. The average molecular weight is 237 g/mol. The molecule has 1 aromatic rings. The summed E-state index contributed by atoms with van der Waals surface area (Å²) in [6.07, 6.45) is 0.939. The Bertz CT molecular complexity index is 436. The molecule has 2 heterocycles. The highest BCUT2D eigenvalue weighted by molar-refractivity contribution is 5.47. The van der Waals surface area contributed by atoms with E-state index in [1.807, 2.05) is 0 Å². The van der Waals surface area contributed by atoms with Gasteiger partial charge in [-0.15, -0.1) is 0 Å². The summed E-state index contributed by atoms with van der Waals surface area (Å²) in [6, 6.07) is 3.16. The van der Waals surface area contributed by atoms with E-state index in [0.29, 0.717) is 5.69 Å². The number of aliphatic hydroxyl groups excluding tert-OH is 1. The minimum Gasteiger partial charge on any atom is -0.396 e. The van der Waals surface area contributed by atoms with Crippen LogP contribution in [0.4, 0.5) is 11.5 Å². The van der Waals surface area contributed by atoms with Gasteiger partial charge in [0.1, 0.15) is 11.5 Å². The molecular weight excluding hydrogens is 222 g/mol. The molecule has 0 amide bonds. The molecule has 6 nitrogen and oxygen atoms in total. The summed E-state index contributed by atoms with van der Waals surface area (Å²) >= 11 is 0. The van der Waals surface area contributed by atoms with Crippen LogP contribution in [0, 0.1) is 23.0 Å². The van der Waals surface area contributed by atoms with Crippen LogP contribution in [0.5, 0.6) is 0 Å². The number of rotatable bonds is 3. The third-order valence-corrected chi connectivity index (χ3v) is 3.11. The van der Waals surface area contributed by atoms with Gasteiger partial charge < -0.3 is 10.0 Å². The van der Waals surface area contributed by atoms with Crippen LogP contribution in [0.15, 0.2) is 12.1 Å². The van der Waals surface area contributed by atoms with Gasteiger partial charge in [0.15, 0.2) is 0 Å². The topological polar surface area (TPSA) is 79.5 Å². The third kappa shape index (κ3) is 2.36. The van der Waals surface area contributed by atoms with E-state index in [2.05, 4.69) is 9.88 Å². The lowest BCUT2D eigenvalue weighted by Crippen LogP contribution is -2.21. The molecule has 1 atom stereocenters. The molecule has 0 spiro atoms. The molecule has 0 aromatic carbocycles. The molecule has 1 N–H and O–H groups in total. The number of nitro groups is 1. The average Bonchev–Trinajstić information content (AvgIpc) is 2.76. The van der Waals surface area contributed by atoms with E-state index in [0.717, 1.165) is 25.3 Å². The maximum Gasteiger partial charge on any atom is 0.290 e. The lowest BCUT2D eigenvalue weighted by molar-refractivity contribution is -0.385. The van der Waals surface area contributed by atoms with Crippen molar-refractivity contribution in [1.29, 1.82) is 0 Å². The molecule has 17 heavy (non-hydrogen) atoms. The number of aliphatic hydroxyl groups is 1. The highest BCUT2D eigenvalue weighted by atomic mass is 16.6. The van der Waals surface area contributed by atoms with Crippen molar-refractivity contribution in [1.82, 2.24) is 4.98 Å². The Hall–Kier alpha value is -1.69. The van der Waals surface area contributed by atoms with Crippen molar-refractivity contribution in [3.05, 3.63) is 27.9 Å². The second-order valence-corrected chi connectivity index (χ2v) is 4.31. The maximum absolute atomic E-state index is 10.7. The normalized spacial score (nSPS) is 19.6. The number of aryl methyl sites for hydroxylation is 1. The molecule has 1 saturated heterocycles. The van der Waals surface area contributed by atoms with Gasteiger partial charge in [-0.25, -0.2) is 4.98 Å². The van der Waals surface area contributed by atoms with Gasteiger partial charge in [0.2, 0.25) is 0 Å². The molecule has 92 valence electrons. The first-order chi connectivity index (χ1) is 8.11. The van der Waals surface area contributed by atoms with E-state index >= 15 is 0 Å². The molecule has 6 heteroatoms. The van der Waals surface area contributed by atoms with E-state index in [9.17, 15) is 10.1 Å². The van der Waals surface area contributed by atoms with Gasteiger partial charge in [0, 0.05) is 31.7 Å². The number of hydrogen-bond donors (Lipinski definition) is 1. The molecule has 1 aliphatic rings. The Morgan fingerprint density at radius 2 is 2.41 bits per heavy atom. The summed E-state index contributed by atoms with van der Waals surface area (Å²) < 4.78 is 0. The van der Waals surface area contributed by atoms with E-state index in [-0.39, 0.29) is 18.2 Å². The molecule has 1 fully saturated rings. The van der Waals surface area contributed by atoms with Crippen molar-refractivity contribution < 1.29 is 10.0 Å². The fraction of sp³-hybridized carbons (Fsp3) is 0.545. The van der Waals surface area contributed by atoms with Crippen molar-refractivity contribution in [2.24, 2.45) is 5.92 Å². The summed E-state index contributed by atoms with van der Waals surface area (Å²) in [5.41, 5.74) is 0.478. The van der Waals surface area contributed by atoms with Gasteiger partial charge in [-0.3, -0.25) is 10.1 Å². The second-order valence-electron chi connectivity index (χ2n) is 4.31. The zero-order valence-corrected chi connectivity index (χ0v) is 9.67. The lowest BCUT2D eigenvalue weighted by atomic mass is 10.1. The summed E-state index contributed by atoms with van der Waals surface area (Å²) in [4.78, 5) is 16.5. The van der Waals surface area contributed by atoms with Gasteiger partial charge >= 0.3 is 0 Å². The molecule has 0 aliphatic carbocycles.